The average Bonchev–Trinajstić information content (AvgIpc) is 2.39. The molecule has 0 saturated carbocycles. The molecule has 0 saturated heterocycles. The smallest absolute Gasteiger partial charge is 0.119 e. The van der Waals surface area contributed by atoms with E-state index in [2.05, 4.69) is 43.6 Å². The van der Waals surface area contributed by atoms with Crippen LogP contribution < -0.4 is 10.1 Å². The van der Waals surface area contributed by atoms with Crippen molar-refractivity contribution in [3.8, 4) is 5.75 Å². The van der Waals surface area contributed by atoms with Gasteiger partial charge in [-0.2, -0.15) is 11.8 Å². The molecule has 0 heterocycles. The maximum atomic E-state index is 5.27. The van der Waals surface area contributed by atoms with Crippen molar-refractivity contribution in [2.75, 3.05) is 25.7 Å². The van der Waals surface area contributed by atoms with Gasteiger partial charge in [0, 0.05) is 6.04 Å². The van der Waals surface area contributed by atoms with Crippen LogP contribution >= 0.6 is 11.8 Å². The zero-order valence-corrected chi connectivity index (χ0v) is 12.8. The van der Waals surface area contributed by atoms with E-state index in [-0.39, 0.29) is 0 Å². The number of thioether (sulfide) groups is 1. The Labute approximate surface area is 116 Å². The summed E-state index contributed by atoms with van der Waals surface area (Å²) in [6, 6.07) is 6.84. The molecule has 1 N–H and O–H groups in total. The summed E-state index contributed by atoms with van der Waals surface area (Å²) in [5.41, 5.74) is 2.71. The molecule has 18 heavy (non-hydrogen) atoms. The minimum atomic E-state index is 0.461. The second-order valence-corrected chi connectivity index (χ2v) is 5.50. The molecule has 0 aliphatic heterocycles. The van der Waals surface area contributed by atoms with Gasteiger partial charge in [0.25, 0.3) is 0 Å². The molecule has 0 spiro atoms. The van der Waals surface area contributed by atoms with E-state index in [1.807, 2.05) is 11.8 Å². The largest absolute Gasteiger partial charge is 0.497 e. The Hall–Kier alpha value is -0.670. The predicted molar refractivity (Wildman–Crippen MR) is 81.8 cm³/mol. The Morgan fingerprint density at radius 1 is 1.39 bits per heavy atom. The third-order valence-electron chi connectivity index (χ3n) is 3.10. The van der Waals surface area contributed by atoms with Crippen molar-refractivity contribution in [3.05, 3.63) is 29.3 Å². The molecular weight excluding hydrogens is 242 g/mol. The Bertz CT molecular complexity index is 346. The number of aryl methyl sites for hydroxylation is 1. The summed E-state index contributed by atoms with van der Waals surface area (Å²) in [5.74, 6) is 2.13. The number of hydrogen-bond acceptors (Lipinski definition) is 3. The van der Waals surface area contributed by atoms with Gasteiger partial charge in [0.05, 0.1) is 7.11 Å². The Kier molecular flexibility index (Phi) is 7.21. The van der Waals surface area contributed by atoms with Crippen LogP contribution in [0.4, 0.5) is 0 Å². The SMILES string of the molecule is CCCNC(CCSC)c1ccc(OC)cc1C. The van der Waals surface area contributed by atoms with E-state index in [4.69, 9.17) is 4.74 Å². The lowest BCUT2D eigenvalue weighted by Gasteiger charge is -2.21. The van der Waals surface area contributed by atoms with Crippen molar-refractivity contribution in [1.29, 1.82) is 0 Å². The van der Waals surface area contributed by atoms with E-state index < -0.39 is 0 Å². The molecule has 0 amide bonds. The molecule has 0 fully saturated rings. The first kappa shape index (κ1) is 15.4. The lowest BCUT2D eigenvalue weighted by molar-refractivity contribution is 0.413. The van der Waals surface area contributed by atoms with Crippen molar-refractivity contribution >= 4 is 11.8 Å². The molecule has 1 aromatic rings. The molecule has 0 aromatic heterocycles. The molecule has 102 valence electrons. The van der Waals surface area contributed by atoms with Gasteiger partial charge in [-0.15, -0.1) is 0 Å². The highest BCUT2D eigenvalue weighted by atomic mass is 32.2. The predicted octanol–water partition coefficient (Wildman–Crippen LogP) is 3.80. The van der Waals surface area contributed by atoms with Crippen molar-refractivity contribution in [3.63, 3.8) is 0 Å². The standard InChI is InChI=1S/C15H25NOS/c1-5-9-16-15(8-10-18-4)14-7-6-13(17-3)11-12(14)2/h6-7,11,15-16H,5,8-10H2,1-4H3. The van der Waals surface area contributed by atoms with Gasteiger partial charge >= 0.3 is 0 Å². The van der Waals surface area contributed by atoms with Crippen LogP contribution in [-0.2, 0) is 0 Å². The van der Waals surface area contributed by atoms with Crippen LogP contribution in [-0.4, -0.2) is 25.7 Å². The van der Waals surface area contributed by atoms with Crippen molar-refractivity contribution in [1.82, 2.24) is 5.32 Å². The number of nitrogens with one attached hydrogen (secondary N) is 1. The van der Waals surface area contributed by atoms with Crippen LogP contribution in [0.2, 0.25) is 0 Å². The maximum absolute atomic E-state index is 5.27. The number of ether oxygens (including phenoxy) is 1. The topological polar surface area (TPSA) is 21.3 Å². The van der Waals surface area contributed by atoms with Crippen LogP contribution in [0.5, 0.6) is 5.75 Å². The van der Waals surface area contributed by atoms with Gasteiger partial charge in [-0.05, 0) is 61.6 Å². The second-order valence-electron chi connectivity index (χ2n) is 4.51. The van der Waals surface area contributed by atoms with Gasteiger partial charge < -0.3 is 10.1 Å². The molecule has 1 unspecified atom stereocenters. The molecular formula is C15H25NOS. The van der Waals surface area contributed by atoms with Gasteiger partial charge in [-0.25, -0.2) is 0 Å². The normalized spacial score (nSPS) is 12.4. The Morgan fingerprint density at radius 3 is 2.72 bits per heavy atom. The molecule has 0 aliphatic rings. The zero-order chi connectivity index (χ0) is 13.4. The fourth-order valence-corrected chi connectivity index (χ4v) is 2.56. The zero-order valence-electron chi connectivity index (χ0n) is 12.0. The van der Waals surface area contributed by atoms with Gasteiger partial charge in [-0.3, -0.25) is 0 Å². The number of rotatable bonds is 8. The van der Waals surface area contributed by atoms with E-state index in [1.165, 1.54) is 29.7 Å². The second kappa shape index (κ2) is 8.44. The van der Waals surface area contributed by atoms with Gasteiger partial charge in [0.1, 0.15) is 5.75 Å². The fraction of sp³-hybridized carbons (Fsp3) is 0.600. The minimum absolute atomic E-state index is 0.461. The van der Waals surface area contributed by atoms with Crippen LogP contribution in [0.1, 0.15) is 36.9 Å². The Morgan fingerprint density at radius 2 is 2.17 bits per heavy atom. The highest BCUT2D eigenvalue weighted by molar-refractivity contribution is 7.98. The Balaban J connectivity index is 2.82. The number of benzene rings is 1. The van der Waals surface area contributed by atoms with E-state index in [0.717, 1.165) is 12.3 Å². The monoisotopic (exact) mass is 267 g/mol. The van der Waals surface area contributed by atoms with Crippen LogP contribution in [0, 0.1) is 6.92 Å². The highest BCUT2D eigenvalue weighted by Crippen LogP contribution is 2.25. The minimum Gasteiger partial charge on any atom is -0.497 e. The molecule has 1 atom stereocenters. The van der Waals surface area contributed by atoms with Crippen LogP contribution in [0.15, 0.2) is 18.2 Å². The van der Waals surface area contributed by atoms with Crippen LogP contribution in [0.3, 0.4) is 0 Å². The maximum Gasteiger partial charge on any atom is 0.119 e. The quantitative estimate of drug-likeness (QED) is 0.774. The molecule has 0 aliphatic carbocycles. The summed E-state index contributed by atoms with van der Waals surface area (Å²) in [7, 11) is 1.72. The first-order valence-electron chi connectivity index (χ1n) is 6.59. The molecule has 1 aromatic carbocycles. The molecule has 0 bridgehead atoms. The van der Waals surface area contributed by atoms with Gasteiger partial charge in [0.2, 0.25) is 0 Å². The lowest BCUT2D eigenvalue weighted by atomic mass is 9.99. The van der Waals surface area contributed by atoms with Crippen LogP contribution in [0.25, 0.3) is 0 Å². The van der Waals surface area contributed by atoms with E-state index in [9.17, 15) is 0 Å². The molecule has 2 nitrogen and oxygen atoms in total. The summed E-state index contributed by atoms with van der Waals surface area (Å²) >= 11 is 1.91. The van der Waals surface area contributed by atoms with Gasteiger partial charge in [0.15, 0.2) is 0 Å². The molecule has 3 heteroatoms. The summed E-state index contributed by atoms with van der Waals surface area (Å²) in [6.45, 7) is 5.45. The fourth-order valence-electron chi connectivity index (χ4n) is 2.09. The van der Waals surface area contributed by atoms with E-state index in [0.29, 0.717) is 6.04 Å². The van der Waals surface area contributed by atoms with Crippen molar-refractivity contribution in [2.24, 2.45) is 0 Å². The molecule has 1 rings (SSSR count). The highest BCUT2D eigenvalue weighted by Gasteiger charge is 2.13. The summed E-state index contributed by atoms with van der Waals surface area (Å²) in [4.78, 5) is 0. The van der Waals surface area contributed by atoms with Gasteiger partial charge in [-0.1, -0.05) is 13.0 Å². The molecule has 0 radical (unpaired) electrons. The third kappa shape index (κ3) is 4.54. The lowest BCUT2D eigenvalue weighted by Crippen LogP contribution is -2.23. The van der Waals surface area contributed by atoms with E-state index in [1.54, 1.807) is 7.11 Å². The van der Waals surface area contributed by atoms with E-state index >= 15 is 0 Å². The van der Waals surface area contributed by atoms with Crippen molar-refractivity contribution in [2.45, 2.75) is 32.7 Å². The first-order valence-corrected chi connectivity index (χ1v) is 7.99. The average molecular weight is 267 g/mol. The summed E-state index contributed by atoms with van der Waals surface area (Å²) in [5, 5.41) is 3.64. The number of hydrogen-bond donors (Lipinski definition) is 1. The van der Waals surface area contributed by atoms with Crippen molar-refractivity contribution < 1.29 is 4.74 Å². The first-order chi connectivity index (χ1) is 8.72. The number of methoxy groups -OCH3 is 1. The summed E-state index contributed by atoms with van der Waals surface area (Å²) < 4.78 is 5.27. The third-order valence-corrected chi connectivity index (χ3v) is 3.75. The summed E-state index contributed by atoms with van der Waals surface area (Å²) in [6.07, 6.45) is 4.51.